The molecular weight excluding hydrogens is 372 g/mol. The average Bonchev–Trinajstić information content (AvgIpc) is 2.61. The summed E-state index contributed by atoms with van der Waals surface area (Å²) in [5.74, 6) is -1.49. The summed E-state index contributed by atoms with van der Waals surface area (Å²) in [5, 5.41) is 16.5. The van der Waals surface area contributed by atoms with Crippen LogP contribution in [0.2, 0.25) is 0 Å². The van der Waals surface area contributed by atoms with Gasteiger partial charge in [-0.1, -0.05) is 59.3 Å². The molecule has 0 aliphatic heterocycles. The molecule has 0 rings (SSSR count). The lowest BCUT2D eigenvalue weighted by molar-refractivity contribution is -0.148. The van der Waals surface area contributed by atoms with Crippen molar-refractivity contribution in [2.75, 3.05) is 0 Å². The Morgan fingerprint density at radius 3 is 1.76 bits per heavy atom. The van der Waals surface area contributed by atoms with Gasteiger partial charge in [0.2, 0.25) is 0 Å². The number of carboxylic acid groups (broad SMARTS) is 2. The van der Waals surface area contributed by atoms with Crippen molar-refractivity contribution < 1.29 is 29.3 Å². The second kappa shape index (κ2) is 17.7. The summed E-state index contributed by atoms with van der Waals surface area (Å²) in [6.07, 6.45) is 7.60. The number of rotatable bonds is 10. The van der Waals surface area contributed by atoms with E-state index in [2.05, 4.69) is 33.6 Å². The number of carbonyl (C=O) groups excluding carboxylic acids is 1. The van der Waals surface area contributed by atoms with Gasteiger partial charge >= 0.3 is 17.9 Å². The van der Waals surface area contributed by atoms with Gasteiger partial charge in [-0.15, -0.1) is 0 Å². The standard InChI is InChI=1S/C12H22O2.C7H12O2.C4H6O2/c1-4-6-7-11(5-2)9-8-10(3)12(13)14;1-5-6(8)9-7(2,3)4;1-3(2)4(5)6/h11H,3-9H2,1-2H3,(H,13,14);5H,1H2,2-4H3;1H2,2H3,(H,5,6). The van der Waals surface area contributed by atoms with Crippen molar-refractivity contribution >= 4 is 17.9 Å². The minimum absolute atomic E-state index is 0.176. The highest BCUT2D eigenvalue weighted by Gasteiger charge is 2.13. The van der Waals surface area contributed by atoms with Crippen LogP contribution in [0.5, 0.6) is 0 Å². The number of hydrogen-bond donors (Lipinski definition) is 2. The third kappa shape index (κ3) is 25.6. The molecule has 1 unspecified atom stereocenters. The summed E-state index contributed by atoms with van der Waals surface area (Å²) in [5.41, 5.74) is 0.126. The predicted molar refractivity (Wildman–Crippen MR) is 118 cm³/mol. The Balaban J connectivity index is -0.000000386. The molecule has 0 aliphatic carbocycles. The fraction of sp³-hybridized carbons (Fsp3) is 0.609. The van der Waals surface area contributed by atoms with Crippen LogP contribution in [0.25, 0.3) is 0 Å². The quantitative estimate of drug-likeness (QED) is 0.348. The Labute approximate surface area is 176 Å². The van der Waals surface area contributed by atoms with Crippen LogP contribution < -0.4 is 0 Å². The summed E-state index contributed by atoms with van der Waals surface area (Å²) in [6.45, 7) is 21.2. The number of aliphatic carboxylic acids is 2. The summed E-state index contributed by atoms with van der Waals surface area (Å²) < 4.78 is 4.83. The van der Waals surface area contributed by atoms with Crippen LogP contribution in [0.3, 0.4) is 0 Å². The molecule has 0 spiro atoms. The molecule has 6 nitrogen and oxygen atoms in total. The lowest BCUT2D eigenvalue weighted by atomic mass is 9.93. The molecule has 0 saturated carbocycles. The van der Waals surface area contributed by atoms with Gasteiger partial charge in [-0.25, -0.2) is 14.4 Å². The van der Waals surface area contributed by atoms with E-state index in [1.165, 1.54) is 26.2 Å². The van der Waals surface area contributed by atoms with E-state index in [0.29, 0.717) is 17.9 Å². The predicted octanol–water partition coefficient (Wildman–Crippen LogP) is 5.79. The van der Waals surface area contributed by atoms with Crippen LogP contribution in [0, 0.1) is 5.92 Å². The smallest absolute Gasteiger partial charge is 0.330 e. The first kappa shape index (κ1) is 31.3. The van der Waals surface area contributed by atoms with E-state index >= 15 is 0 Å². The molecule has 29 heavy (non-hydrogen) atoms. The van der Waals surface area contributed by atoms with Gasteiger partial charge in [0.15, 0.2) is 0 Å². The first-order chi connectivity index (χ1) is 13.2. The van der Waals surface area contributed by atoms with E-state index in [1.807, 2.05) is 20.8 Å². The van der Waals surface area contributed by atoms with E-state index in [4.69, 9.17) is 14.9 Å². The van der Waals surface area contributed by atoms with Crippen molar-refractivity contribution in [1.82, 2.24) is 0 Å². The molecule has 0 fully saturated rings. The van der Waals surface area contributed by atoms with Crippen molar-refractivity contribution in [2.45, 2.75) is 85.7 Å². The maximum absolute atomic E-state index is 10.5. The monoisotopic (exact) mass is 412 g/mol. The third-order valence-corrected chi connectivity index (χ3v) is 3.64. The van der Waals surface area contributed by atoms with Crippen LogP contribution in [0.4, 0.5) is 0 Å². The van der Waals surface area contributed by atoms with Gasteiger partial charge in [-0.3, -0.25) is 0 Å². The van der Waals surface area contributed by atoms with E-state index in [-0.39, 0.29) is 11.5 Å². The van der Waals surface area contributed by atoms with Crippen molar-refractivity contribution in [3.63, 3.8) is 0 Å². The van der Waals surface area contributed by atoms with Gasteiger partial charge in [0.1, 0.15) is 5.60 Å². The zero-order valence-corrected chi connectivity index (χ0v) is 19.0. The number of esters is 1. The highest BCUT2D eigenvalue weighted by molar-refractivity contribution is 5.85. The second-order valence-electron chi connectivity index (χ2n) is 7.69. The number of hydrogen-bond acceptors (Lipinski definition) is 4. The van der Waals surface area contributed by atoms with Gasteiger partial charge in [0.25, 0.3) is 0 Å². The van der Waals surface area contributed by atoms with Gasteiger partial charge in [-0.05, 0) is 46.5 Å². The van der Waals surface area contributed by atoms with Crippen LogP contribution in [-0.4, -0.2) is 33.7 Å². The molecule has 0 bridgehead atoms. The third-order valence-electron chi connectivity index (χ3n) is 3.64. The maximum atomic E-state index is 10.5. The van der Waals surface area contributed by atoms with Gasteiger partial charge < -0.3 is 14.9 Å². The molecular formula is C23H40O6. The van der Waals surface area contributed by atoms with E-state index in [0.717, 1.165) is 18.9 Å². The SMILES string of the molecule is C=C(C)C(=O)O.C=C(CCC(CC)CCCC)C(=O)O.C=CC(=O)OC(C)(C)C. The molecule has 0 heterocycles. The molecule has 6 heteroatoms. The highest BCUT2D eigenvalue weighted by atomic mass is 16.6. The zero-order valence-electron chi connectivity index (χ0n) is 19.0. The lowest BCUT2D eigenvalue weighted by Gasteiger charge is -2.17. The van der Waals surface area contributed by atoms with Crippen molar-refractivity contribution in [3.05, 3.63) is 37.0 Å². The highest BCUT2D eigenvalue weighted by Crippen LogP contribution is 2.20. The van der Waals surface area contributed by atoms with Crippen molar-refractivity contribution in [2.24, 2.45) is 5.92 Å². The minimum atomic E-state index is -0.935. The van der Waals surface area contributed by atoms with Crippen LogP contribution in [-0.2, 0) is 19.1 Å². The number of ether oxygens (including phenoxy) is 1. The topological polar surface area (TPSA) is 101 Å². The van der Waals surface area contributed by atoms with Crippen molar-refractivity contribution in [1.29, 1.82) is 0 Å². The number of carboxylic acids is 2. The van der Waals surface area contributed by atoms with Gasteiger partial charge in [0.05, 0.1) is 0 Å². The summed E-state index contributed by atoms with van der Waals surface area (Å²) in [7, 11) is 0. The van der Waals surface area contributed by atoms with E-state index in [1.54, 1.807) is 0 Å². The van der Waals surface area contributed by atoms with E-state index < -0.39 is 17.5 Å². The van der Waals surface area contributed by atoms with Crippen molar-refractivity contribution in [3.8, 4) is 0 Å². The minimum Gasteiger partial charge on any atom is -0.478 e. The summed E-state index contributed by atoms with van der Waals surface area (Å²) in [6, 6.07) is 0. The lowest BCUT2D eigenvalue weighted by Crippen LogP contribution is -2.22. The molecule has 0 aromatic carbocycles. The molecule has 0 saturated heterocycles. The van der Waals surface area contributed by atoms with Crippen LogP contribution >= 0.6 is 0 Å². The first-order valence-electron chi connectivity index (χ1n) is 9.86. The Bertz CT molecular complexity index is 528. The summed E-state index contributed by atoms with van der Waals surface area (Å²) in [4.78, 5) is 30.6. The molecule has 0 aromatic heterocycles. The number of carbonyl (C=O) groups is 3. The molecule has 168 valence electrons. The molecule has 1 atom stereocenters. The fourth-order valence-corrected chi connectivity index (χ4v) is 1.87. The van der Waals surface area contributed by atoms with Crippen LogP contribution in [0.1, 0.15) is 80.1 Å². The van der Waals surface area contributed by atoms with Crippen LogP contribution in [0.15, 0.2) is 37.0 Å². The molecule has 0 radical (unpaired) electrons. The van der Waals surface area contributed by atoms with Gasteiger partial charge in [0, 0.05) is 17.2 Å². The molecule has 2 N–H and O–H groups in total. The Kier molecular flexibility index (Phi) is 19.1. The zero-order chi connectivity index (χ0) is 23.6. The first-order valence-corrected chi connectivity index (χ1v) is 9.86. The largest absolute Gasteiger partial charge is 0.478 e. The van der Waals surface area contributed by atoms with Gasteiger partial charge in [-0.2, -0.15) is 0 Å². The Morgan fingerprint density at radius 1 is 1.03 bits per heavy atom. The summed E-state index contributed by atoms with van der Waals surface area (Å²) >= 11 is 0. The number of unbranched alkanes of at least 4 members (excludes halogenated alkanes) is 1. The molecule has 0 aromatic rings. The average molecular weight is 413 g/mol. The Hall–Kier alpha value is -2.37. The fourth-order valence-electron chi connectivity index (χ4n) is 1.87. The Morgan fingerprint density at radius 2 is 1.52 bits per heavy atom. The maximum Gasteiger partial charge on any atom is 0.330 e. The van der Waals surface area contributed by atoms with E-state index in [9.17, 15) is 14.4 Å². The molecule has 0 aliphatic rings. The normalized spacial score (nSPS) is 10.8. The second-order valence-corrected chi connectivity index (χ2v) is 7.69. The molecule has 0 amide bonds.